The van der Waals surface area contributed by atoms with Crippen LogP contribution in [-0.2, 0) is 11.3 Å². The van der Waals surface area contributed by atoms with Gasteiger partial charge in [-0.05, 0) is 24.5 Å². The molecule has 3 heterocycles. The molecule has 2 aromatic heterocycles. The summed E-state index contributed by atoms with van der Waals surface area (Å²) in [5.41, 5.74) is 3.13. The lowest BCUT2D eigenvalue weighted by atomic mass is 10.0. The fourth-order valence-corrected chi connectivity index (χ4v) is 2.95. The van der Waals surface area contributed by atoms with Crippen LogP contribution in [0.2, 0.25) is 0 Å². The van der Waals surface area contributed by atoms with Crippen LogP contribution in [0.25, 0.3) is 11.0 Å². The van der Waals surface area contributed by atoms with Gasteiger partial charge in [0.2, 0.25) is 5.91 Å². The number of rotatable bonds is 4. The zero-order valence-corrected chi connectivity index (χ0v) is 11.2. The Hall–Kier alpha value is -1.84. The van der Waals surface area contributed by atoms with Crippen molar-refractivity contribution >= 4 is 16.9 Å². The molecular weight excluding hydrogens is 238 g/mol. The van der Waals surface area contributed by atoms with Crippen LogP contribution in [0.4, 0.5) is 0 Å². The van der Waals surface area contributed by atoms with Crippen LogP contribution in [0, 0.1) is 5.92 Å². The summed E-state index contributed by atoms with van der Waals surface area (Å²) in [5, 5.41) is 0. The van der Waals surface area contributed by atoms with Crippen molar-refractivity contribution in [2.45, 2.75) is 32.7 Å². The minimum atomic E-state index is 0.281. The normalized spacial score (nSPS) is 19.5. The molecule has 1 saturated heterocycles. The minimum Gasteiger partial charge on any atom is -0.359 e. The molecule has 1 unspecified atom stereocenters. The van der Waals surface area contributed by atoms with E-state index in [0.29, 0.717) is 18.9 Å². The van der Waals surface area contributed by atoms with E-state index in [-0.39, 0.29) is 5.91 Å². The molecule has 1 N–H and O–H groups in total. The molecule has 100 valence electrons. The van der Waals surface area contributed by atoms with Gasteiger partial charge < -0.3 is 9.88 Å². The largest absolute Gasteiger partial charge is 0.359 e. The Morgan fingerprint density at radius 2 is 2.42 bits per heavy atom. The monoisotopic (exact) mass is 257 g/mol. The van der Waals surface area contributed by atoms with Gasteiger partial charge in [-0.15, -0.1) is 0 Å². The Labute approximate surface area is 112 Å². The second kappa shape index (κ2) is 5.03. The Kier molecular flexibility index (Phi) is 3.23. The standard InChI is InChI=1S/C15H19N3O/c1-2-4-11-7-14(19)18(9-11)10-12-8-17-13-5-3-6-16-15(12)13/h3,5-6,8,11,17H,2,4,7,9-10H2,1H3. The first kappa shape index (κ1) is 12.2. The molecule has 2 aromatic rings. The number of pyridine rings is 1. The molecule has 1 atom stereocenters. The zero-order chi connectivity index (χ0) is 13.2. The highest BCUT2D eigenvalue weighted by molar-refractivity contribution is 5.81. The third-order valence-electron chi connectivity index (χ3n) is 3.87. The Morgan fingerprint density at radius 3 is 3.26 bits per heavy atom. The molecule has 0 spiro atoms. The van der Waals surface area contributed by atoms with E-state index in [0.717, 1.165) is 36.0 Å². The van der Waals surface area contributed by atoms with E-state index in [1.165, 1.54) is 0 Å². The zero-order valence-electron chi connectivity index (χ0n) is 11.2. The number of carbonyl (C=O) groups excluding carboxylic acids is 1. The molecule has 0 saturated carbocycles. The highest BCUT2D eigenvalue weighted by Crippen LogP contribution is 2.25. The van der Waals surface area contributed by atoms with Crippen molar-refractivity contribution in [1.29, 1.82) is 0 Å². The predicted molar refractivity (Wildman–Crippen MR) is 74.5 cm³/mol. The van der Waals surface area contributed by atoms with Gasteiger partial charge in [-0.2, -0.15) is 0 Å². The van der Waals surface area contributed by atoms with E-state index < -0.39 is 0 Å². The fraction of sp³-hybridized carbons (Fsp3) is 0.467. The van der Waals surface area contributed by atoms with E-state index in [1.54, 1.807) is 6.20 Å². The number of amides is 1. The second-order valence-electron chi connectivity index (χ2n) is 5.35. The lowest BCUT2D eigenvalue weighted by Crippen LogP contribution is -2.24. The van der Waals surface area contributed by atoms with Crippen molar-refractivity contribution in [2.24, 2.45) is 5.92 Å². The molecule has 0 aliphatic carbocycles. The van der Waals surface area contributed by atoms with Crippen LogP contribution in [0.1, 0.15) is 31.7 Å². The number of hydrogen-bond donors (Lipinski definition) is 1. The van der Waals surface area contributed by atoms with Crippen LogP contribution < -0.4 is 0 Å². The van der Waals surface area contributed by atoms with Gasteiger partial charge in [-0.3, -0.25) is 9.78 Å². The van der Waals surface area contributed by atoms with E-state index in [4.69, 9.17) is 0 Å². The van der Waals surface area contributed by atoms with Gasteiger partial charge in [0.25, 0.3) is 0 Å². The maximum absolute atomic E-state index is 12.0. The Balaban J connectivity index is 1.76. The van der Waals surface area contributed by atoms with E-state index >= 15 is 0 Å². The molecule has 1 aliphatic rings. The molecule has 1 fully saturated rings. The average Bonchev–Trinajstić information content (AvgIpc) is 2.96. The Bertz CT molecular complexity index is 590. The molecule has 0 radical (unpaired) electrons. The molecule has 1 aliphatic heterocycles. The first-order valence-corrected chi connectivity index (χ1v) is 6.96. The summed E-state index contributed by atoms with van der Waals surface area (Å²) in [5.74, 6) is 0.819. The highest BCUT2D eigenvalue weighted by Gasteiger charge is 2.29. The molecule has 19 heavy (non-hydrogen) atoms. The lowest BCUT2D eigenvalue weighted by molar-refractivity contribution is -0.128. The Morgan fingerprint density at radius 1 is 1.53 bits per heavy atom. The SMILES string of the molecule is CCCC1CC(=O)N(Cc2c[nH]c3cccnc23)C1. The van der Waals surface area contributed by atoms with Crippen molar-refractivity contribution in [1.82, 2.24) is 14.9 Å². The number of aromatic amines is 1. The van der Waals surface area contributed by atoms with Crippen LogP contribution >= 0.6 is 0 Å². The topological polar surface area (TPSA) is 49.0 Å². The molecule has 1 amide bonds. The number of carbonyl (C=O) groups is 1. The number of aromatic nitrogens is 2. The quantitative estimate of drug-likeness (QED) is 0.915. The third kappa shape index (κ3) is 2.35. The molecule has 3 rings (SSSR count). The van der Waals surface area contributed by atoms with Crippen LogP contribution in [0.3, 0.4) is 0 Å². The molecular formula is C15H19N3O. The smallest absolute Gasteiger partial charge is 0.223 e. The predicted octanol–water partition coefficient (Wildman–Crippen LogP) is 2.71. The summed E-state index contributed by atoms with van der Waals surface area (Å²) < 4.78 is 0. The molecule has 4 nitrogen and oxygen atoms in total. The number of nitrogens with one attached hydrogen (secondary N) is 1. The summed E-state index contributed by atoms with van der Waals surface area (Å²) in [6.07, 6.45) is 6.78. The summed E-state index contributed by atoms with van der Waals surface area (Å²) in [6.45, 7) is 3.75. The number of fused-ring (bicyclic) bond motifs is 1. The van der Waals surface area contributed by atoms with Crippen molar-refractivity contribution < 1.29 is 4.79 Å². The first-order chi connectivity index (χ1) is 9.28. The second-order valence-corrected chi connectivity index (χ2v) is 5.35. The summed E-state index contributed by atoms with van der Waals surface area (Å²) >= 11 is 0. The number of likely N-dealkylation sites (tertiary alicyclic amines) is 1. The fourth-order valence-electron chi connectivity index (χ4n) is 2.95. The average molecular weight is 257 g/mol. The summed E-state index contributed by atoms with van der Waals surface area (Å²) in [4.78, 5) is 21.6. The van der Waals surface area contributed by atoms with Crippen LogP contribution in [0.15, 0.2) is 24.5 Å². The van der Waals surface area contributed by atoms with Gasteiger partial charge in [0.05, 0.1) is 11.0 Å². The van der Waals surface area contributed by atoms with Gasteiger partial charge >= 0.3 is 0 Å². The molecule has 0 bridgehead atoms. The molecule has 0 aromatic carbocycles. The van der Waals surface area contributed by atoms with E-state index in [2.05, 4.69) is 16.9 Å². The maximum atomic E-state index is 12.0. The first-order valence-electron chi connectivity index (χ1n) is 6.96. The lowest BCUT2D eigenvalue weighted by Gasteiger charge is -2.15. The van der Waals surface area contributed by atoms with Crippen LogP contribution in [-0.4, -0.2) is 27.3 Å². The van der Waals surface area contributed by atoms with Gasteiger partial charge in [0.15, 0.2) is 0 Å². The van der Waals surface area contributed by atoms with Gasteiger partial charge in [0.1, 0.15) is 0 Å². The van der Waals surface area contributed by atoms with Gasteiger partial charge in [0, 0.05) is 37.5 Å². The third-order valence-corrected chi connectivity index (χ3v) is 3.87. The van der Waals surface area contributed by atoms with Crippen LogP contribution in [0.5, 0.6) is 0 Å². The van der Waals surface area contributed by atoms with E-state index in [9.17, 15) is 4.79 Å². The van der Waals surface area contributed by atoms with Crippen molar-refractivity contribution in [3.05, 3.63) is 30.1 Å². The van der Waals surface area contributed by atoms with Crippen molar-refractivity contribution in [2.75, 3.05) is 6.54 Å². The minimum absolute atomic E-state index is 0.281. The summed E-state index contributed by atoms with van der Waals surface area (Å²) in [7, 11) is 0. The van der Waals surface area contributed by atoms with Gasteiger partial charge in [-0.1, -0.05) is 13.3 Å². The van der Waals surface area contributed by atoms with Crippen molar-refractivity contribution in [3.8, 4) is 0 Å². The summed E-state index contributed by atoms with van der Waals surface area (Å²) in [6, 6.07) is 3.93. The molecule has 4 heteroatoms. The number of nitrogens with zero attached hydrogens (tertiary/aromatic N) is 2. The highest BCUT2D eigenvalue weighted by atomic mass is 16.2. The van der Waals surface area contributed by atoms with Crippen molar-refractivity contribution in [3.63, 3.8) is 0 Å². The number of H-pyrrole nitrogens is 1. The van der Waals surface area contributed by atoms with E-state index in [1.807, 2.05) is 23.2 Å². The van der Waals surface area contributed by atoms with Gasteiger partial charge in [-0.25, -0.2) is 0 Å². The maximum Gasteiger partial charge on any atom is 0.223 e. The number of hydrogen-bond acceptors (Lipinski definition) is 2.